The second kappa shape index (κ2) is 9.90. The molecule has 0 heterocycles. The average molecular weight is 558 g/mol. The lowest BCUT2D eigenvalue weighted by molar-refractivity contribution is -0.153. The number of aromatic hydroxyl groups is 1. The number of rotatable bonds is 6. The number of likely N-dealkylation sites (N-methyl/N-ethyl adjacent to an activating group) is 1. The van der Waals surface area contributed by atoms with Gasteiger partial charge >= 0.3 is 0 Å². The van der Waals surface area contributed by atoms with Gasteiger partial charge in [-0.15, -0.1) is 0 Å². The summed E-state index contributed by atoms with van der Waals surface area (Å²) in [5.74, 6) is -6.34. The average Bonchev–Trinajstić information content (AvgIpc) is 2.79. The number of fused-ring (bicyclic) bond motifs is 3. The first-order chi connectivity index (χ1) is 18.4. The van der Waals surface area contributed by atoms with Crippen LogP contribution in [0.2, 0.25) is 0 Å². The van der Waals surface area contributed by atoms with Gasteiger partial charge in [0.1, 0.15) is 28.6 Å². The Labute approximate surface area is 233 Å². The van der Waals surface area contributed by atoms with Crippen LogP contribution < -0.4 is 10.5 Å². The Morgan fingerprint density at radius 1 is 1.18 bits per heavy atom. The van der Waals surface area contributed by atoms with Crippen molar-refractivity contribution in [2.45, 2.75) is 51.8 Å². The van der Waals surface area contributed by atoms with Crippen LogP contribution in [0.25, 0.3) is 5.76 Å². The molecule has 1 aromatic rings. The van der Waals surface area contributed by atoms with Crippen LogP contribution in [-0.2, 0) is 27.3 Å². The van der Waals surface area contributed by atoms with E-state index >= 15 is 0 Å². The van der Waals surface area contributed by atoms with Crippen molar-refractivity contribution in [3.8, 4) is 11.5 Å². The molecular formula is C29H39N3O8. The second-order valence-corrected chi connectivity index (χ2v) is 12.6. The van der Waals surface area contributed by atoms with Gasteiger partial charge in [0.25, 0.3) is 5.91 Å². The fourth-order valence-corrected chi connectivity index (χ4v) is 6.88. The lowest BCUT2D eigenvalue weighted by atomic mass is 9.57. The molecule has 11 nitrogen and oxygen atoms in total. The van der Waals surface area contributed by atoms with E-state index in [9.17, 15) is 34.8 Å². The minimum Gasteiger partial charge on any atom is -0.508 e. The summed E-state index contributed by atoms with van der Waals surface area (Å²) in [5, 5.41) is 45.1. The molecule has 0 aliphatic heterocycles. The van der Waals surface area contributed by atoms with Gasteiger partial charge in [0.05, 0.1) is 18.7 Å². The summed E-state index contributed by atoms with van der Waals surface area (Å²) in [6.45, 7) is 7.58. The Morgan fingerprint density at radius 3 is 2.33 bits per heavy atom. The lowest BCUT2D eigenvalue weighted by Gasteiger charge is -2.50. The van der Waals surface area contributed by atoms with Gasteiger partial charge in [-0.2, -0.15) is 0 Å². The van der Waals surface area contributed by atoms with E-state index in [1.54, 1.807) is 14.1 Å². The van der Waals surface area contributed by atoms with Crippen LogP contribution in [0.5, 0.6) is 11.5 Å². The predicted molar refractivity (Wildman–Crippen MR) is 147 cm³/mol. The van der Waals surface area contributed by atoms with Crippen molar-refractivity contribution >= 4 is 23.2 Å². The quantitative estimate of drug-likeness (QED) is 0.322. The largest absolute Gasteiger partial charge is 0.508 e. The molecule has 6 N–H and O–H groups in total. The van der Waals surface area contributed by atoms with E-state index in [2.05, 4.69) is 25.7 Å². The third kappa shape index (κ3) is 4.46. The number of aliphatic hydroxyl groups excluding tert-OH is 2. The van der Waals surface area contributed by atoms with E-state index in [0.29, 0.717) is 23.4 Å². The molecule has 1 aromatic carbocycles. The van der Waals surface area contributed by atoms with Crippen LogP contribution in [0.3, 0.4) is 0 Å². The van der Waals surface area contributed by atoms with E-state index in [1.165, 1.54) is 18.1 Å². The highest BCUT2D eigenvalue weighted by atomic mass is 16.5. The van der Waals surface area contributed by atoms with E-state index in [1.807, 2.05) is 7.05 Å². The lowest BCUT2D eigenvalue weighted by Crippen LogP contribution is -2.65. The molecule has 1 fully saturated rings. The molecule has 0 unspecified atom stereocenters. The Hall–Kier alpha value is -3.41. The zero-order valence-corrected chi connectivity index (χ0v) is 24.0. The molecule has 0 aromatic heterocycles. The third-order valence-corrected chi connectivity index (χ3v) is 8.14. The number of carbonyl (C=O) groups is 3. The topological polar surface area (TPSA) is 174 Å². The number of nitrogens with two attached hydrogens (primary N) is 1. The van der Waals surface area contributed by atoms with Crippen LogP contribution in [0.4, 0.5) is 0 Å². The first-order valence-corrected chi connectivity index (χ1v) is 13.2. The van der Waals surface area contributed by atoms with Crippen molar-refractivity contribution in [2.24, 2.45) is 23.0 Å². The van der Waals surface area contributed by atoms with Crippen molar-refractivity contribution in [1.82, 2.24) is 9.80 Å². The Balaban J connectivity index is 1.89. The summed E-state index contributed by atoms with van der Waals surface area (Å²) in [5.41, 5.74) is 2.91. The molecule has 3 aliphatic carbocycles. The highest BCUT2D eigenvalue weighted by molar-refractivity contribution is 6.24. The number of primary amides is 1. The first-order valence-electron chi connectivity index (χ1n) is 13.2. The summed E-state index contributed by atoms with van der Waals surface area (Å²) < 4.78 is 5.78. The summed E-state index contributed by atoms with van der Waals surface area (Å²) in [4.78, 5) is 42.8. The van der Waals surface area contributed by atoms with Crippen molar-refractivity contribution in [3.05, 3.63) is 39.7 Å². The second-order valence-electron chi connectivity index (χ2n) is 12.6. The number of hydrogen-bond donors (Lipinski definition) is 5. The molecule has 3 aliphatic rings. The molecule has 0 spiro atoms. The number of carbonyl (C=O) groups excluding carboxylic acids is 3. The predicted octanol–water partition coefficient (Wildman–Crippen LogP) is 1.45. The van der Waals surface area contributed by atoms with Gasteiger partial charge in [0.2, 0.25) is 5.78 Å². The standard InChI is InChI=1S/C29H39N3O8/c1-28(2,3)12-32(6)11-14-10-17(33)19-15(24(14)40-7)8-13-9-16-21(31(4)5)23(35)20(27(30)38)26(37)29(16,39)25(36)18(13)22(19)34/h10,13,16,21,33-34,37,39H,8-9,11-12H2,1-7H3,(H2,30,38)/t13-,16-,21-,29-/m0/s1. The SMILES string of the molecule is COc1c(CN(C)CC(C)(C)C)cc(O)c2c1C[C@H]1C[C@H]3[C@H](N(C)C)C(=O)C(C(N)=O)=C(O)[C@@]3(O)C(=O)C1=C2O. The smallest absolute Gasteiger partial charge is 0.255 e. The fraction of sp³-hybridized carbons (Fsp3) is 0.552. The number of Topliss-reactive ketones (excluding diaryl/α,β-unsaturated/α-hetero) is 2. The number of nitrogens with zero attached hydrogens (tertiary/aromatic N) is 2. The molecule has 40 heavy (non-hydrogen) atoms. The van der Waals surface area contributed by atoms with Gasteiger partial charge in [-0.05, 0) is 51.4 Å². The Kier molecular flexibility index (Phi) is 7.32. The summed E-state index contributed by atoms with van der Waals surface area (Å²) in [6, 6.07) is 0.355. The van der Waals surface area contributed by atoms with E-state index in [-0.39, 0.29) is 35.1 Å². The maximum Gasteiger partial charge on any atom is 0.255 e. The van der Waals surface area contributed by atoms with Crippen molar-refractivity contribution in [2.75, 3.05) is 34.8 Å². The number of aliphatic hydroxyl groups is 3. The molecule has 1 amide bonds. The number of methoxy groups -OCH3 is 1. The van der Waals surface area contributed by atoms with Crippen LogP contribution in [0.15, 0.2) is 23.0 Å². The van der Waals surface area contributed by atoms with E-state index in [4.69, 9.17) is 10.5 Å². The van der Waals surface area contributed by atoms with E-state index < -0.39 is 58.0 Å². The summed E-state index contributed by atoms with van der Waals surface area (Å²) >= 11 is 0. The molecule has 0 bridgehead atoms. The maximum atomic E-state index is 13.9. The van der Waals surface area contributed by atoms with Crippen molar-refractivity contribution < 1.29 is 39.5 Å². The summed E-state index contributed by atoms with van der Waals surface area (Å²) in [7, 11) is 6.58. The molecule has 11 heteroatoms. The molecule has 4 rings (SSSR count). The fourth-order valence-electron chi connectivity index (χ4n) is 6.88. The number of ketones is 2. The number of hydrogen-bond acceptors (Lipinski definition) is 10. The van der Waals surface area contributed by atoms with Crippen molar-refractivity contribution in [3.63, 3.8) is 0 Å². The monoisotopic (exact) mass is 557 g/mol. The molecule has 1 saturated carbocycles. The van der Waals surface area contributed by atoms with Crippen molar-refractivity contribution in [1.29, 1.82) is 0 Å². The number of phenolic OH excluding ortho intramolecular Hbond substituents is 1. The van der Waals surface area contributed by atoms with Crippen LogP contribution in [0, 0.1) is 17.3 Å². The van der Waals surface area contributed by atoms with Crippen LogP contribution in [-0.4, -0.2) is 94.1 Å². The normalized spacial score (nSPS) is 26.7. The van der Waals surface area contributed by atoms with Gasteiger partial charge in [-0.3, -0.25) is 19.3 Å². The number of amides is 1. The molecule has 0 radical (unpaired) electrons. The van der Waals surface area contributed by atoms with Crippen LogP contribution >= 0.6 is 0 Å². The Bertz CT molecular complexity index is 1360. The van der Waals surface area contributed by atoms with Gasteiger partial charge in [0.15, 0.2) is 11.4 Å². The number of ether oxygens (including phenoxy) is 1. The number of benzene rings is 1. The Morgan fingerprint density at radius 2 is 1.80 bits per heavy atom. The summed E-state index contributed by atoms with van der Waals surface area (Å²) in [6.07, 6.45) is 0.186. The zero-order chi connectivity index (χ0) is 30.1. The van der Waals surface area contributed by atoms with E-state index in [0.717, 1.165) is 6.54 Å². The van der Waals surface area contributed by atoms with Gasteiger partial charge in [-0.25, -0.2) is 0 Å². The van der Waals surface area contributed by atoms with Gasteiger partial charge in [-0.1, -0.05) is 20.8 Å². The highest BCUT2D eigenvalue weighted by Crippen LogP contribution is 2.54. The number of phenols is 1. The highest BCUT2D eigenvalue weighted by Gasteiger charge is 2.64. The van der Waals surface area contributed by atoms with Gasteiger partial charge in [0, 0.05) is 35.7 Å². The minimum atomic E-state index is -2.67. The minimum absolute atomic E-state index is 0.00960. The molecule has 0 saturated heterocycles. The van der Waals surface area contributed by atoms with Gasteiger partial charge < -0.3 is 35.8 Å². The maximum absolute atomic E-state index is 13.9. The zero-order valence-electron chi connectivity index (χ0n) is 24.0. The molecular weight excluding hydrogens is 518 g/mol. The molecule has 218 valence electrons. The van der Waals surface area contributed by atoms with Crippen LogP contribution in [0.1, 0.15) is 43.9 Å². The third-order valence-electron chi connectivity index (χ3n) is 8.14. The first kappa shape index (κ1) is 29.6. The molecule has 4 atom stereocenters.